The van der Waals surface area contributed by atoms with Gasteiger partial charge in [0.25, 0.3) is 0 Å². The lowest BCUT2D eigenvalue weighted by atomic mass is 10.1. The predicted octanol–water partition coefficient (Wildman–Crippen LogP) is 3.53. The summed E-state index contributed by atoms with van der Waals surface area (Å²) in [6.07, 6.45) is -0.963. The predicted molar refractivity (Wildman–Crippen MR) is 96.4 cm³/mol. The third-order valence-electron chi connectivity index (χ3n) is 3.73. The van der Waals surface area contributed by atoms with Crippen molar-refractivity contribution in [2.45, 2.75) is 20.0 Å². The highest BCUT2D eigenvalue weighted by atomic mass is 16.6. The highest BCUT2D eigenvalue weighted by molar-refractivity contribution is 6.02. The summed E-state index contributed by atoms with van der Waals surface area (Å²) in [6.45, 7) is 3.95. The average Bonchev–Trinajstić information content (AvgIpc) is 2.67. The molecule has 2 aromatic carbocycles. The van der Waals surface area contributed by atoms with Crippen molar-refractivity contribution >= 4 is 11.8 Å². The van der Waals surface area contributed by atoms with Gasteiger partial charge in [-0.1, -0.05) is 6.07 Å². The molecule has 1 atom stereocenters. The molecule has 0 radical (unpaired) electrons. The summed E-state index contributed by atoms with van der Waals surface area (Å²) >= 11 is 0. The van der Waals surface area contributed by atoms with Crippen molar-refractivity contribution < 1.29 is 28.5 Å². The number of hydrogen-bond donors (Lipinski definition) is 0. The summed E-state index contributed by atoms with van der Waals surface area (Å²) in [7, 11) is 2.89. The van der Waals surface area contributed by atoms with Gasteiger partial charge < -0.3 is 18.9 Å². The number of carbonyl (C=O) groups excluding carboxylic acids is 2. The van der Waals surface area contributed by atoms with Crippen LogP contribution in [0, 0.1) is 0 Å². The van der Waals surface area contributed by atoms with Crippen LogP contribution in [0.15, 0.2) is 42.5 Å². The summed E-state index contributed by atoms with van der Waals surface area (Å²) in [4.78, 5) is 25.0. The van der Waals surface area contributed by atoms with E-state index in [0.717, 1.165) is 0 Å². The maximum atomic E-state index is 12.5. The van der Waals surface area contributed by atoms with Gasteiger partial charge in [-0.25, -0.2) is 4.79 Å². The lowest BCUT2D eigenvalue weighted by molar-refractivity contribution is 0.0312. The van der Waals surface area contributed by atoms with Gasteiger partial charge in [0.2, 0.25) is 5.78 Å². The number of Topliss-reactive ketones (excluding diaryl/α,β-unsaturated/α-hetero) is 1. The Labute approximate surface area is 152 Å². The first-order chi connectivity index (χ1) is 12.5. The number of benzene rings is 2. The van der Waals surface area contributed by atoms with Crippen molar-refractivity contribution in [3.8, 4) is 17.2 Å². The standard InChI is InChI=1S/C20H22O6/c1-5-25-15-11-9-14(10-12-15)19(21)13(2)26-20(22)18-16(23-3)7-6-8-17(18)24-4/h6-13H,5H2,1-4H3/t13-/m1/s1. The molecule has 0 aliphatic carbocycles. The minimum atomic E-state index is -0.963. The Balaban J connectivity index is 2.15. The van der Waals surface area contributed by atoms with Crippen molar-refractivity contribution in [3.63, 3.8) is 0 Å². The summed E-state index contributed by atoms with van der Waals surface area (Å²) in [6, 6.07) is 11.6. The molecule has 0 saturated carbocycles. The molecular weight excluding hydrogens is 336 g/mol. The first-order valence-electron chi connectivity index (χ1n) is 8.20. The molecule has 2 aromatic rings. The van der Waals surface area contributed by atoms with Crippen LogP contribution in [0.1, 0.15) is 34.6 Å². The summed E-state index contributed by atoms with van der Waals surface area (Å²) in [5.74, 6) is 0.305. The molecule has 0 aromatic heterocycles. The molecule has 2 rings (SSSR count). The molecule has 6 nitrogen and oxygen atoms in total. The van der Waals surface area contributed by atoms with Crippen LogP contribution in [0.3, 0.4) is 0 Å². The van der Waals surface area contributed by atoms with E-state index >= 15 is 0 Å². The molecule has 0 bridgehead atoms. The zero-order valence-electron chi connectivity index (χ0n) is 15.3. The normalized spacial score (nSPS) is 11.4. The van der Waals surface area contributed by atoms with Crippen LogP contribution in [-0.4, -0.2) is 38.7 Å². The van der Waals surface area contributed by atoms with Gasteiger partial charge in [0.05, 0.1) is 20.8 Å². The molecule has 6 heteroatoms. The fourth-order valence-electron chi connectivity index (χ4n) is 2.44. The second-order valence-electron chi connectivity index (χ2n) is 5.41. The van der Waals surface area contributed by atoms with E-state index < -0.39 is 12.1 Å². The fraction of sp³-hybridized carbons (Fsp3) is 0.300. The Hall–Kier alpha value is -3.02. The number of carbonyl (C=O) groups is 2. The number of ether oxygens (including phenoxy) is 4. The first-order valence-corrected chi connectivity index (χ1v) is 8.20. The Morgan fingerprint density at radius 2 is 1.54 bits per heavy atom. The van der Waals surface area contributed by atoms with Gasteiger partial charge in [0.15, 0.2) is 6.10 Å². The summed E-state index contributed by atoms with van der Waals surface area (Å²) in [5.41, 5.74) is 0.574. The van der Waals surface area contributed by atoms with E-state index in [9.17, 15) is 9.59 Å². The second-order valence-corrected chi connectivity index (χ2v) is 5.41. The van der Waals surface area contributed by atoms with Crippen LogP contribution in [0.5, 0.6) is 17.2 Å². The second kappa shape index (κ2) is 8.89. The van der Waals surface area contributed by atoms with Crippen molar-refractivity contribution in [3.05, 3.63) is 53.6 Å². The molecule has 0 heterocycles. The molecule has 26 heavy (non-hydrogen) atoms. The minimum Gasteiger partial charge on any atom is -0.496 e. The molecular formula is C20H22O6. The largest absolute Gasteiger partial charge is 0.496 e. The van der Waals surface area contributed by atoms with E-state index in [-0.39, 0.29) is 11.3 Å². The zero-order valence-corrected chi connectivity index (χ0v) is 15.3. The highest BCUT2D eigenvalue weighted by Gasteiger charge is 2.25. The third-order valence-corrected chi connectivity index (χ3v) is 3.73. The van der Waals surface area contributed by atoms with Crippen LogP contribution in [0.2, 0.25) is 0 Å². The van der Waals surface area contributed by atoms with Crippen LogP contribution in [0.4, 0.5) is 0 Å². The van der Waals surface area contributed by atoms with Crippen molar-refractivity contribution in [1.82, 2.24) is 0 Å². The number of ketones is 1. The van der Waals surface area contributed by atoms with Crippen LogP contribution in [0.25, 0.3) is 0 Å². The van der Waals surface area contributed by atoms with Crippen molar-refractivity contribution in [2.24, 2.45) is 0 Å². The Morgan fingerprint density at radius 1 is 0.962 bits per heavy atom. The van der Waals surface area contributed by atoms with E-state index in [2.05, 4.69) is 0 Å². The van der Waals surface area contributed by atoms with E-state index in [1.165, 1.54) is 21.1 Å². The number of methoxy groups -OCH3 is 2. The quantitative estimate of drug-likeness (QED) is 0.531. The summed E-state index contributed by atoms with van der Waals surface area (Å²) in [5, 5.41) is 0. The topological polar surface area (TPSA) is 71.1 Å². The van der Waals surface area contributed by atoms with Gasteiger partial charge in [-0.2, -0.15) is 0 Å². The van der Waals surface area contributed by atoms with Gasteiger partial charge in [-0.3, -0.25) is 4.79 Å². The molecule has 0 spiro atoms. The molecule has 0 aliphatic heterocycles. The maximum absolute atomic E-state index is 12.5. The van der Waals surface area contributed by atoms with Crippen LogP contribution in [-0.2, 0) is 4.74 Å². The van der Waals surface area contributed by atoms with Crippen LogP contribution < -0.4 is 14.2 Å². The minimum absolute atomic E-state index is 0.142. The van der Waals surface area contributed by atoms with Gasteiger partial charge >= 0.3 is 5.97 Å². The lowest BCUT2D eigenvalue weighted by Gasteiger charge is -2.16. The molecule has 0 aliphatic rings. The number of esters is 1. The third kappa shape index (κ3) is 4.33. The van der Waals surface area contributed by atoms with E-state index in [1.807, 2.05) is 6.92 Å². The van der Waals surface area contributed by atoms with Crippen LogP contribution >= 0.6 is 0 Å². The lowest BCUT2D eigenvalue weighted by Crippen LogP contribution is -2.25. The van der Waals surface area contributed by atoms with Gasteiger partial charge in [-0.15, -0.1) is 0 Å². The zero-order chi connectivity index (χ0) is 19.1. The average molecular weight is 358 g/mol. The van der Waals surface area contributed by atoms with E-state index in [0.29, 0.717) is 29.4 Å². The van der Waals surface area contributed by atoms with E-state index in [4.69, 9.17) is 18.9 Å². The maximum Gasteiger partial charge on any atom is 0.346 e. The Morgan fingerprint density at radius 3 is 2.04 bits per heavy atom. The van der Waals surface area contributed by atoms with Gasteiger partial charge in [-0.05, 0) is 50.2 Å². The molecule has 0 saturated heterocycles. The smallest absolute Gasteiger partial charge is 0.346 e. The number of hydrogen-bond acceptors (Lipinski definition) is 6. The monoisotopic (exact) mass is 358 g/mol. The van der Waals surface area contributed by atoms with Crippen molar-refractivity contribution in [2.75, 3.05) is 20.8 Å². The fourth-order valence-corrected chi connectivity index (χ4v) is 2.44. The molecule has 0 unspecified atom stereocenters. The van der Waals surface area contributed by atoms with Gasteiger partial charge in [0.1, 0.15) is 22.8 Å². The molecule has 0 amide bonds. The highest BCUT2D eigenvalue weighted by Crippen LogP contribution is 2.29. The number of rotatable bonds is 8. The van der Waals surface area contributed by atoms with Gasteiger partial charge in [0, 0.05) is 5.56 Å². The summed E-state index contributed by atoms with van der Waals surface area (Å²) < 4.78 is 21.1. The SMILES string of the molecule is CCOc1ccc(C(=O)[C@@H](C)OC(=O)c2c(OC)cccc2OC)cc1. The Bertz CT molecular complexity index is 744. The molecule has 0 fully saturated rings. The van der Waals surface area contributed by atoms with Crippen molar-refractivity contribution in [1.29, 1.82) is 0 Å². The molecule has 138 valence electrons. The molecule has 0 N–H and O–H groups in total. The first kappa shape index (κ1) is 19.3. The van der Waals surface area contributed by atoms with E-state index in [1.54, 1.807) is 42.5 Å². The Kier molecular flexibility index (Phi) is 6.60.